The SMILES string of the molecule is CCC[CH2][Sn]([CH2]CCC)([CH2]CCC)[CH2]c1ccccc1CN(C)[CH2][Sn]([CH2]CCC)([CH2]CCC)[CH2]CCC. The quantitative estimate of drug-likeness (QED) is 0.0959. The molecular formula is C34H67NSn2. The van der Waals surface area contributed by atoms with E-state index in [-0.39, 0.29) is 0 Å². The summed E-state index contributed by atoms with van der Waals surface area (Å²) in [6.45, 7) is 15.6. The Morgan fingerprint density at radius 3 is 1.24 bits per heavy atom. The van der Waals surface area contributed by atoms with Gasteiger partial charge in [0.25, 0.3) is 0 Å². The van der Waals surface area contributed by atoms with E-state index >= 15 is 0 Å². The predicted molar refractivity (Wildman–Crippen MR) is 176 cm³/mol. The van der Waals surface area contributed by atoms with Crippen molar-refractivity contribution in [3.8, 4) is 0 Å². The first-order chi connectivity index (χ1) is 17.9. The van der Waals surface area contributed by atoms with Crippen molar-refractivity contribution in [3.63, 3.8) is 0 Å². The minimum absolute atomic E-state index is 1.19. The Bertz CT molecular complexity index is 630. The first-order valence-corrected chi connectivity index (χ1v) is 32.8. The van der Waals surface area contributed by atoms with Crippen molar-refractivity contribution in [2.75, 3.05) is 11.6 Å². The van der Waals surface area contributed by atoms with Crippen LogP contribution < -0.4 is 0 Å². The molecule has 0 saturated carbocycles. The molecule has 0 atom stereocenters. The number of benzene rings is 1. The monoisotopic (exact) mass is 729 g/mol. The van der Waals surface area contributed by atoms with Gasteiger partial charge < -0.3 is 0 Å². The molecule has 1 rings (SSSR count). The molecule has 0 saturated heterocycles. The first kappa shape index (κ1) is 35.8. The van der Waals surface area contributed by atoms with Gasteiger partial charge in [-0.1, -0.05) is 0 Å². The summed E-state index contributed by atoms with van der Waals surface area (Å²) in [6.07, 6.45) is 17.2. The number of rotatable bonds is 24. The summed E-state index contributed by atoms with van der Waals surface area (Å²) in [5.74, 6) is 0. The van der Waals surface area contributed by atoms with Crippen molar-refractivity contribution in [2.45, 2.75) is 156 Å². The molecule has 0 unspecified atom stereocenters. The molecule has 0 spiro atoms. The van der Waals surface area contributed by atoms with Gasteiger partial charge in [0, 0.05) is 0 Å². The van der Waals surface area contributed by atoms with E-state index in [4.69, 9.17) is 0 Å². The van der Waals surface area contributed by atoms with Gasteiger partial charge in [-0.15, -0.1) is 0 Å². The van der Waals surface area contributed by atoms with Gasteiger partial charge in [-0.2, -0.15) is 0 Å². The van der Waals surface area contributed by atoms with Gasteiger partial charge in [-0.05, 0) is 0 Å². The Morgan fingerprint density at radius 1 is 0.514 bits per heavy atom. The second-order valence-corrected chi connectivity index (χ2v) is 40.3. The standard InChI is InChI=1S/C10H13N.6C4H9.2Sn/c1-9-6-4-5-7-10(9)8-11(2)3;6*1-3-4-2;;/h4-7H,1-2,8H2,3H3;6*1,3-4H2,2H3;;. The number of hydrogen-bond donors (Lipinski definition) is 0. The fraction of sp³-hybridized carbons (Fsp3) is 0.824. The number of unbranched alkanes of at least 4 members (excludes halogenated alkanes) is 6. The molecule has 0 bridgehead atoms. The van der Waals surface area contributed by atoms with Crippen LogP contribution in [0.1, 0.15) is 130 Å². The Hall–Kier alpha value is 0.777. The van der Waals surface area contributed by atoms with E-state index in [1.165, 1.54) is 92.6 Å². The molecular weight excluding hydrogens is 660 g/mol. The van der Waals surface area contributed by atoms with Crippen molar-refractivity contribution in [2.24, 2.45) is 0 Å². The van der Waals surface area contributed by atoms with Crippen LogP contribution in [0.3, 0.4) is 0 Å². The van der Waals surface area contributed by atoms with E-state index in [0.717, 1.165) is 0 Å². The second kappa shape index (κ2) is 21.5. The van der Waals surface area contributed by atoms with Crippen molar-refractivity contribution < 1.29 is 0 Å². The van der Waals surface area contributed by atoms with E-state index < -0.39 is 36.8 Å². The molecule has 0 heterocycles. The maximum absolute atomic E-state index is 2.82. The Labute approximate surface area is 243 Å². The van der Waals surface area contributed by atoms with Crippen LogP contribution in [0.15, 0.2) is 24.3 Å². The molecule has 0 fully saturated rings. The van der Waals surface area contributed by atoms with Crippen molar-refractivity contribution in [3.05, 3.63) is 35.4 Å². The zero-order valence-electron chi connectivity index (χ0n) is 26.6. The minimum atomic E-state index is -2.20. The molecule has 3 heteroatoms. The van der Waals surface area contributed by atoms with Gasteiger partial charge in [-0.25, -0.2) is 0 Å². The Morgan fingerprint density at radius 2 is 0.865 bits per heavy atom. The summed E-state index contributed by atoms with van der Waals surface area (Å²) in [5.41, 5.74) is 3.43. The van der Waals surface area contributed by atoms with E-state index in [9.17, 15) is 0 Å². The van der Waals surface area contributed by atoms with Gasteiger partial charge in [-0.3, -0.25) is 0 Å². The number of hydrogen-bond acceptors (Lipinski definition) is 1. The average molecular weight is 727 g/mol. The maximum atomic E-state index is 2.82. The molecule has 37 heavy (non-hydrogen) atoms. The molecule has 1 nitrogen and oxygen atoms in total. The predicted octanol–water partition coefficient (Wildman–Crippen LogP) is 11.4. The van der Waals surface area contributed by atoms with Crippen molar-refractivity contribution in [1.82, 2.24) is 4.90 Å². The molecule has 0 N–H and O–H groups in total. The third-order valence-electron chi connectivity index (χ3n) is 9.09. The van der Waals surface area contributed by atoms with Crippen LogP contribution >= 0.6 is 0 Å². The van der Waals surface area contributed by atoms with Crippen molar-refractivity contribution >= 4 is 36.8 Å². The Kier molecular flexibility index (Phi) is 20.8. The molecule has 1 aromatic rings. The van der Waals surface area contributed by atoms with Gasteiger partial charge in [0.1, 0.15) is 0 Å². The summed E-state index contributed by atoms with van der Waals surface area (Å²) in [6, 6.07) is 9.72. The van der Waals surface area contributed by atoms with Crippen LogP contribution in [0.5, 0.6) is 0 Å². The summed E-state index contributed by atoms with van der Waals surface area (Å²) in [5, 5.41) is 0. The Balaban J connectivity index is 3.16. The zero-order valence-corrected chi connectivity index (χ0v) is 32.3. The topological polar surface area (TPSA) is 3.24 Å². The molecule has 0 aromatic heterocycles. The second-order valence-electron chi connectivity index (χ2n) is 12.7. The summed E-state index contributed by atoms with van der Waals surface area (Å²) >= 11 is -4.36. The number of nitrogens with zero attached hydrogens (tertiary/aromatic N) is 1. The van der Waals surface area contributed by atoms with Gasteiger partial charge >= 0.3 is 245 Å². The third kappa shape index (κ3) is 14.3. The van der Waals surface area contributed by atoms with Gasteiger partial charge in [0.2, 0.25) is 0 Å². The van der Waals surface area contributed by atoms with Gasteiger partial charge in [0.05, 0.1) is 0 Å². The third-order valence-corrected chi connectivity index (χ3v) is 40.0. The molecule has 0 aliphatic rings. The fourth-order valence-corrected chi connectivity index (χ4v) is 39.7. The van der Waals surface area contributed by atoms with E-state index in [0.29, 0.717) is 0 Å². The van der Waals surface area contributed by atoms with Crippen molar-refractivity contribution in [1.29, 1.82) is 0 Å². The van der Waals surface area contributed by atoms with Crippen LogP contribution in [0, 0.1) is 0 Å². The zero-order chi connectivity index (χ0) is 27.4. The van der Waals surface area contributed by atoms with E-state index in [1.54, 1.807) is 37.7 Å². The molecule has 1 aromatic carbocycles. The van der Waals surface area contributed by atoms with Gasteiger partial charge in [0.15, 0.2) is 0 Å². The first-order valence-electron chi connectivity index (χ1n) is 16.7. The van der Waals surface area contributed by atoms with Crippen LogP contribution in [0.2, 0.25) is 26.6 Å². The normalized spacial score (nSPS) is 12.5. The van der Waals surface area contributed by atoms with Crippen LogP contribution in [0.4, 0.5) is 0 Å². The molecule has 0 amide bonds. The molecule has 0 radical (unpaired) electrons. The van der Waals surface area contributed by atoms with Crippen LogP contribution in [0.25, 0.3) is 0 Å². The summed E-state index contributed by atoms with van der Waals surface area (Å²) in [4.78, 5) is 2.82. The summed E-state index contributed by atoms with van der Waals surface area (Å²) < 4.78 is 12.7. The fourth-order valence-electron chi connectivity index (χ4n) is 6.77. The molecule has 0 aliphatic carbocycles. The van der Waals surface area contributed by atoms with E-state index in [1.807, 2.05) is 0 Å². The van der Waals surface area contributed by atoms with E-state index in [2.05, 4.69) is 77.8 Å². The van der Waals surface area contributed by atoms with Crippen LogP contribution in [-0.4, -0.2) is 53.3 Å². The molecule has 0 aliphatic heterocycles. The average Bonchev–Trinajstić information content (AvgIpc) is 2.91. The van der Waals surface area contributed by atoms with Crippen LogP contribution in [-0.2, 0) is 11.0 Å². The molecule has 216 valence electrons. The summed E-state index contributed by atoms with van der Waals surface area (Å²) in [7, 11) is 2.48.